The lowest BCUT2D eigenvalue weighted by Crippen LogP contribution is -2.22. The summed E-state index contributed by atoms with van der Waals surface area (Å²) in [5.74, 6) is -1.36. The number of hydrogen-bond donors (Lipinski definition) is 1. The molecule has 0 radical (unpaired) electrons. The van der Waals surface area contributed by atoms with Crippen molar-refractivity contribution in [3.8, 4) is 5.75 Å². The summed E-state index contributed by atoms with van der Waals surface area (Å²) in [5.41, 5.74) is 1.05. The van der Waals surface area contributed by atoms with E-state index >= 15 is 0 Å². The van der Waals surface area contributed by atoms with E-state index in [2.05, 4.69) is 10.3 Å². The number of pyridine rings is 1. The van der Waals surface area contributed by atoms with Crippen molar-refractivity contribution in [3.05, 3.63) is 64.3 Å². The van der Waals surface area contributed by atoms with Crippen LogP contribution in [0.1, 0.15) is 29.2 Å². The minimum atomic E-state index is -2.75. The normalized spacial score (nSPS) is 22.6. The molecule has 0 spiro atoms. The molecule has 2 fully saturated rings. The Morgan fingerprint density at radius 3 is 2.62 bits per heavy atom. The monoisotopic (exact) mass is 416 g/mol. The fourth-order valence-electron chi connectivity index (χ4n) is 2.76. The van der Waals surface area contributed by atoms with Gasteiger partial charge in [-0.2, -0.15) is 0 Å². The van der Waals surface area contributed by atoms with Crippen molar-refractivity contribution in [2.75, 3.05) is 19.8 Å². The molecule has 2 saturated heterocycles. The van der Waals surface area contributed by atoms with Gasteiger partial charge in [0.2, 0.25) is 0 Å². The summed E-state index contributed by atoms with van der Waals surface area (Å²) in [6, 6.07) is 9.01. The molecule has 2 aliphatic heterocycles. The van der Waals surface area contributed by atoms with Gasteiger partial charge < -0.3 is 14.2 Å². The van der Waals surface area contributed by atoms with Gasteiger partial charge in [-0.05, 0) is 48.5 Å². The zero-order valence-electron chi connectivity index (χ0n) is 19.4. The first-order valence-electron chi connectivity index (χ1n) is 10.8. The van der Waals surface area contributed by atoms with Gasteiger partial charge in [0.15, 0.2) is 5.79 Å². The number of rotatable bonds is 6. The quantitative estimate of drug-likeness (QED) is 0.724. The molecule has 29 heavy (non-hydrogen) atoms. The minimum absolute atomic E-state index is 0.0857. The van der Waals surface area contributed by atoms with Crippen LogP contribution in [0.15, 0.2) is 47.5 Å². The number of nitrogens with one attached hydrogen (secondary N) is 1. The highest BCUT2D eigenvalue weighted by Gasteiger charge is 2.33. The molecular weight excluding hydrogens is 392 g/mol. The molecule has 0 bridgehead atoms. The summed E-state index contributed by atoms with van der Waals surface area (Å²) < 4.78 is 49.6. The second-order valence-electron chi connectivity index (χ2n) is 6.33. The molecule has 4 rings (SSSR count). The summed E-state index contributed by atoms with van der Waals surface area (Å²) in [6.45, 7) is -0.132. The molecule has 2 aromatic rings. The molecule has 0 atom stereocenters. The van der Waals surface area contributed by atoms with Crippen LogP contribution in [0.4, 0.5) is 4.79 Å². The first-order chi connectivity index (χ1) is 15.5. The minimum Gasteiger partial charge on any atom is -0.493 e. The second kappa shape index (κ2) is 8.36. The number of aromatic nitrogens is 1. The van der Waals surface area contributed by atoms with Gasteiger partial charge in [-0.25, -0.2) is 0 Å². The van der Waals surface area contributed by atoms with Crippen molar-refractivity contribution in [1.29, 1.82) is 0 Å². The van der Waals surface area contributed by atoms with Gasteiger partial charge in [-0.15, -0.1) is 0 Å². The van der Waals surface area contributed by atoms with Crippen LogP contribution in [-0.4, -0.2) is 35.9 Å². The molecule has 8 heteroatoms. The average Bonchev–Trinajstić information content (AvgIpc) is 3.34. The maximum Gasteiger partial charge on any atom is 0.290 e. The van der Waals surface area contributed by atoms with Crippen LogP contribution in [0, 0.1) is 0 Å². The van der Waals surface area contributed by atoms with Crippen LogP contribution in [0.25, 0.3) is 6.08 Å². The van der Waals surface area contributed by atoms with Crippen LogP contribution in [0.3, 0.4) is 0 Å². The third-order valence-electron chi connectivity index (χ3n) is 4.29. The van der Waals surface area contributed by atoms with Crippen molar-refractivity contribution < 1.29 is 29.3 Å². The summed E-state index contributed by atoms with van der Waals surface area (Å²) >= 11 is 0.790. The van der Waals surface area contributed by atoms with Gasteiger partial charge in [0.1, 0.15) is 5.75 Å². The lowest BCUT2D eigenvalue weighted by Gasteiger charge is -2.22. The van der Waals surface area contributed by atoms with Crippen LogP contribution in [-0.2, 0) is 26.4 Å². The van der Waals surface area contributed by atoms with E-state index in [4.69, 9.17) is 19.7 Å². The van der Waals surface area contributed by atoms with Crippen LogP contribution >= 0.6 is 11.8 Å². The first-order valence-corrected chi connectivity index (χ1v) is 9.61. The lowest BCUT2D eigenvalue weighted by atomic mass is 10.1. The molecule has 2 aliphatic rings. The van der Waals surface area contributed by atoms with Gasteiger partial charge in [0.05, 0.1) is 27.4 Å². The molecule has 7 nitrogen and oxygen atoms in total. The molecule has 0 unspecified atom stereocenters. The smallest absolute Gasteiger partial charge is 0.290 e. The van der Waals surface area contributed by atoms with Crippen molar-refractivity contribution in [2.45, 2.75) is 19.1 Å². The zero-order chi connectivity index (χ0) is 23.9. The molecule has 3 heterocycles. The summed E-state index contributed by atoms with van der Waals surface area (Å²) in [5, 5.41) is 1.72. The number of amides is 2. The number of ether oxygens (including phenoxy) is 3. The summed E-state index contributed by atoms with van der Waals surface area (Å²) in [6.07, 6.45) is 0.342. The van der Waals surface area contributed by atoms with Crippen molar-refractivity contribution in [3.63, 3.8) is 0 Å². The van der Waals surface area contributed by atoms with Crippen molar-refractivity contribution >= 4 is 29.0 Å². The highest BCUT2D eigenvalue weighted by molar-refractivity contribution is 8.18. The fraction of sp³-hybridized carbons (Fsp3) is 0.286. The maximum absolute atomic E-state index is 11.6. The highest BCUT2D eigenvalue weighted by Crippen LogP contribution is 2.30. The Balaban J connectivity index is 1.48. The van der Waals surface area contributed by atoms with E-state index in [1.807, 2.05) is 0 Å². The standard InChI is InChI=1S/C21H20N2O5S/c1-21(27-10-11-28-21)15-4-5-16(22-13-15)8-9-26-17-6-2-14(3-7-17)12-18-19(24)23-20(25)29-18/h2-7,12-13H,8-11H2,1H3,(H,23,24,25)/i8D2,9D2. The van der Waals surface area contributed by atoms with Gasteiger partial charge in [0, 0.05) is 26.6 Å². The van der Waals surface area contributed by atoms with E-state index in [9.17, 15) is 9.59 Å². The maximum atomic E-state index is 11.6. The predicted molar refractivity (Wildman–Crippen MR) is 108 cm³/mol. The topological polar surface area (TPSA) is 86.8 Å². The largest absolute Gasteiger partial charge is 0.493 e. The molecule has 2 amide bonds. The second-order valence-corrected chi connectivity index (χ2v) is 7.34. The van der Waals surface area contributed by atoms with E-state index in [0.717, 1.165) is 11.8 Å². The number of aryl methyl sites for hydroxylation is 1. The third-order valence-corrected chi connectivity index (χ3v) is 5.10. The van der Waals surface area contributed by atoms with Gasteiger partial charge in [-0.3, -0.25) is 19.9 Å². The Hall–Kier alpha value is -2.68. The molecular formula is C21H20N2O5S. The predicted octanol–water partition coefficient (Wildman–Crippen LogP) is 3.25. The highest BCUT2D eigenvalue weighted by atomic mass is 32.2. The van der Waals surface area contributed by atoms with Crippen LogP contribution in [0.5, 0.6) is 5.75 Å². The summed E-state index contributed by atoms with van der Waals surface area (Å²) in [7, 11) is 0. The van der Waals surface area contributed by atoms with Gasteiger partial charge in [0.25, 0.3) is 11.1 Å². The molecule has 0 aliphatic carbocycles. The molecule has 1 aromatic heterocycles. The van der Waals surface area contributed by atoms with E-state index in [0.29, 0.717) is 24.3 Å². The first kappa shape index (κ1) is 15.2. The number of carbonyl (C=O) groups is 2. The van der Waals surface area contributed by atoms with Crippen molar-refractivity contribution in [1.82, 2.24) is 10.3 Å². The van der Waals surface area contributed by atoms with Crippen LogP contribution in [0.2, 0.25) is 0 Å². The molecule has 0 saturated carbocycles. The Kier molecular flexibility index (Phi) is 4.38. The Labute approximate surface area is 178 Å². The van der Waals surface area contributed by atoms with E-state index in [1.54, 1.807) is 25.1 Å². The molecule has 150 valence electrons. The van der Waals surface area contributed by atoms with Gasteiger partial charge in [-0.1, -0.05) is 18.2 Å². The number of nitrogens with zero attached hydrogens (tertiary/aromatic N) is 1. The summed E-state index contributed by atoms with van der Waals surface area (Å²) in [4.78, 5) is 27.2. The van der Waals surface area contributed by atoms with Crippen LogP contribution < -0.4 is 10.1 Å². The SMILES string of the molecule is [2H]C([2H])(Oc1ccc(C=C2SC(=O)NC2=O)cc1)C([2H])([2H])c1ccc(C2(C)OCCO2)cn1. The number of hydrogen-bond acceptors (Lipinski definition) is 7. The molecule has 1 N–H and O–H groups in total. The molecule has 1 aromatic carbocycles. The van der Waals surface area contributed by atoms with E-state index < -0.39 is 29.9 Å². The fourth-order valence-corrected chi connectivity index (χ4v) is 3.44. The van der Waals surface area contributed by atoms with E-state index in [-0.39, 0.29) is 16.3 Å². The number of benzene rings is 1. The number of thioether (sulfide) groups is 1. The Morgan fingerprint density at radius 1 is 1.24 bits per heavy atom. The Morgan fingerprint density at radius 2 is 2.00 bits per heavy atom. The number of carbonyl (C=O) groups excluding carboxylic acids is 2. The Bertz CT molecular complexity index is 1100. The lowest BCUT2D eigenvalue weighted by molar-refractivity contribution is -0.150. The zero-order valence-corrected chi connectivity index (χ0v) is 16.2. The average molecular weight is 416 g/mol. The van der Waals surface area contributed by atoms with E-state index in [1.165, 1.54) is 30.5 Å². The van der Waals surface area contributed by atoms with Crippen molar-refractivity contribution in [2.24, 2.45) is 0 Å². The third kappa shape index (κ3) is 4.67. The number of imide groups is 1. The van der Waals surface area contributed by atoms with Gasteiger partial charge >= 0.3 is 0 Å².